The third-order valence-electron chi connectivity index (χ3n) is 3.54. The Kier molecular flexibility index (Phi) is 4.79. The summed E-state index contributed by atoms with van der Waals surface area (Å²) in [5.74, 6) is -1.61. The number of rotatable bonds is 4. The van der Waals surface area contributed by atoms with Crippen LogP contribution in [0.4, 0.5) is 19.3 Å². The number of nitrogens with one attached hydrogen (secondary N) is 2. The number of nitrogens with two attached hydrogens (primary N) is 1. The highest BCUT2D eigenvalue weighted by Gasteiger charge is 2.27. The van der Waals surface area contributed by atoms with E-state index in [1.807, 2.05) is 0 Å². The fraction of sp³-hybridized carbons (Fsp3) is 0.429. The van der Waals surface area contributed by atoms with Crippen molar-refractivity contribution in [2.75, 3.05) is 18.0 Å². The van der Waals surface area contributed by atoms with Crippen LogP contribution in [0.1, 0.15) is 13.3 Å². The lowest BCUT2D eigenvalue weighted by Gasteiger charge is -2.20. The second-order valence-corrected chi connectivity index (χ2v) is 5.27. The van der Waals surface area contributed by atoms with Gasteiger partial charge in [-0.05, 0) is 25.5 Å². The van der Waals surface area contributed by atoms with E-state index in [0.717, 1.165) is 6.07 Å². The van der Waals surface area contributed by atoms with Gasteiger partial charge in [-0.1, -0.05) is 0 Å². The molecule has 6 nitrogen and oxygen atoms in total. The van der Waals surface area contributed by atoms with Gasteiger partial charge >= 0.3 is 6.03 Å². The first-order chi connectivity index (χ1) is 10.4. The summed E-state index contributed by atoms with van der Waals surface area (Å²) in [5, 5.41) is 5.05. The number of amides is 3. The lowest BCUT2D eigenvalue weighted by Crippen LogP contribution is -2.50. The van der Waals surface area contributed by atoms with Crippen LogP contribution in [0.2, 0.25) is 0 Å². The molecule has 1 aliphatic heterocycles. The van der Waals surface area contributed by atoms with E-state index >= 15 is 0 Å². The van der Waals surface area contributed by atoms with Gasteiger partial charge < -0.3 is 21.3 Å². The minimum Gasteiger partial charge on any atom is -0.367 e. The predicted molar refractivity (Wildman–Crippen MR) is 77.3 cm³/mol. The van der Waals surface area contributed by atoms with Crippen molar-refractivity contribution in [2.24, 2.45) is 5.73 Å². The highest BCUT2D eigenvalue weighted by atomic mass is 19.1. The molecule has 8 heteroatoms. The van der Waals surface area contributed by atoms with E-state index in [2.05, 4.69) is 10.6 Å². The van der Waals surface area contributed by atoms with Crippen molar-refractivity contribution in [1.82, 2.24) is 10.6 Å². The number of benzene rings is 1. The molecule has 22 heavy (non-hydrogen) atoms. The Morgan fingerprint density at radius 1 is 1.41 bits per heavy atom. The summed E-state index contributed by atoms with van der Waals surface area (Å²) in [5.41, 5.74) is 5.26. The molecule has 4 N–H and O–H groups in total. The van der Waals surface area contributed by atoms with Crippen molar-refractivity contribution >= 4 is 17.6 Å². The zero-order valence-corrected chi connectivity index (χ0v) is 12.1. The number of carbonyl (C=O) groups excluding carboxylic acids is 2. The Morgan fingerprint density at radius 2 is 2.14 bits per heavy atom. The van der Waals surface area contributed by atoms with Crippen LogP contribution >= 0.6 is 0 Å². The summed E-state index contributed by atoms with van der Waals surface area (Å²) < 4.78 is 26.6. The number of primary amides is 1. The van der Waals surface area contributed by atoms with Crippen molar-refractivity contribution in [1.29, 1.82) is 0 Å². The van der Waals surface area contributed by atoms with Gasteiger partial charge in [0.25, 0.3) is 0 Å². The van der Waals surface area contributed by atoms with E-state index in [0.29, 0.717) is 25.2 Å². The molecule has 120 valence electrons. The van der Waals surface area contributed by atoms with E-state index in [-0.39, 0.29) is 11.9 Å². The first kappa shape index (κ1) is 16.0. The number of urea groups is 1. The highest BCUT2D eigenvalue weighted by Crippen LogP contribution is 2.24. The summed E-state index contributed by atoms with van der Waals surface area (Å²) in [4.78, 5) is 24.3. The van der Waals surface area contributed by atoms with Gasteiger partial charge in [-0.3, -0.25) is 4.79 Å². The maximum absolute atomic E-state index is 13.7. The van der Waals surface area contributed by atoms with E-state index in [1.165, 1.54) is 19.1 Å². The van der Waals surface area contributed by atoms with Crippen molar-refractivity contribution in [2.45, 2.75) is 25.4 Å². The molecule has 1 fully saturated rings. The Bertz CT molecular complexity index is 582. The molecule has 0 unspecified atom stereocenters. The minimum absolute atomic E-state index is 0.172. The molecule has 2 atom stereocenters. The molecule has 1 aromatic rings. The van der Waals surface area contributed by atoms with Crippen molar-refractivity contribution < 1.29 is 18.4 Å². The van der Waals surface area contributed by atoms with Crippen LogP contribution in [-0.4, -0.2) is 37.1 Å². The fourth-order valence-electron chi connectivity index (χ4n) is 2.44. The molecule has 0 saturated carbocycles. The van der Waals surface area contributed by atoms with Crippen LogP contribution in [-0.2, 0) is 4.79 Å². The zero-order chi connectivity index (χ0) is 16.3. The summed E-state index contributed by atoms with van der Waals surface area (Å²) in [7, 11) is 0. The average molecular weight is 312 g/mol. The Labute approximate surface area is 126 Å². The second kappa shape index (κ2) is 6.59. The zero-order valence-electron chi connectivity index (χ0n) is 12.1. The van der Waals surface area contributed by atoms with Gasteiger partial charge in [-0.15, -0.1) is 0 Å². The summed E-state index contributed by atoms with van der Waals surface area (Å²) >= 11 is 0. The second-order valence-electron chi connectivity index (χ2n) is 5.27. The SMILES string of the molecule is C[C@@H](NC(N)=O)C(=O)N[C@H]1CCN(c2ccc(F)cc2F)C1. The molecule has 1 heterocycles. The van der Waals surface area contributed by atoms with Gasteiger partial charge in [0.2, 0.25) is 5.91 Å². The monoisotopic (exact) mass is 312 g/mol. The van der Waals surface area contributed by atoms with E-state index < -0.39 is 23.7 Å². The fourth-order valence-corrected chi connectivity index (χ4v) is 2.44. The highest BCUT2D eigenvalue weighted by molar-refractivity contribution is 5.86. The van der Waals surface area contributed by atoms with Gasteiger partial charge in [0.05, 0.1) is 5.69 Å². The summed E-state index contributed by atoms with van der Waals surface area (Å²) in [6.07, 6.45) is 0.631. The molecule has 1 aromatic carbocycles. The van der Waals surface area contributed by atoms with E-state index in [4.69, 9.17) is 5.73 Å². The predicted octanol–water partition coefficient (Wildman–Crippen LogP) is 0.717. The van der Waals surface area contributed by atoms with Crippen LogP contribution in [0.5, 0.6) is 0 Å². The van der Waals surface area contributed by atoms with Crippen molar-refractivity contribution in [3.8, 4) is 0 Å². The van der Waals surface area contributed by atoms with E-state index in [9.17, 15) is 18.4 Å². The maximum atomic E-state index is 13.7. The number of nitrogens with zero attached hydrogens (tertiary/aromatic N) is 1. The summed E-state index contributed by atoms with van der Waals surface area (Å²) in [6.45, 7) is 2.48. The number of carbonyl (C=O) groups is 2. The van der Waals surface area contributed by atoms with Crippen LogP contribution in [0, 0.1) is 11.6 Å². The molecule has 1 saturated heterocycles. The van der Waals surface area contributed by atoms with Crippen LogP contribution in [0.25, 0.3) is 0 Å². The molecule has 3 amide bonds. The minimum atomic E-state index is -0.774. The lowest BCUT2D eigenvalue weighted by atomic mass is 10.2. The topological polar surface area (TPSA) is 87.5 Å². The molecule has 0 aliphatic carbocycles. The molecular formula is C14H18F2N4O2. The molecule has 1 aliphatic rings. The van der Waals surface area contributed by atoms with Crippen molar-refractivity contribution in [3.05, 3.63) is 29.8 Å². The molecule has 0 radical (unpaired) electrons. The molecular weight excluding hydrogens is 294 g/mol. The lowest BCUT2D eigenvalue weighted by molar-refractivity contribution is -0.123. The van der Waals surface area contributed by atoms with Gasteiger partial charge in [0.1, 0.15) is 17.7 Å². The number of halogens is 2. The van der Waals surface area contributed by atoms with Gasteiger partial charge in [-0.2, -0.15) is 0 Å². The smallest absolute Gasteiger partial charge is 0.312 e. The molecule has 0 aromatic heterocycles. The maximum Gasteiger partial charge on any atom is 0.312 e. The van der Waals surface area contributed by atoms with Crippen LogP contribution in [0.3, 0.4) is 0 Å². The van der Waals surface area contributed by atoms with Gasteiger partial charge in [0, 0.05) is 25.2 Å². The third kappa shape index (κ3) is 3.84. The van der Waals surface area contributed by atoms with Crippen molar-refractivity contribution in [3.63, 3.8) is 0 Å². The first-order valence-electron chi connectivity index (χ1n) is 6.93. The number of hydrogen-bond acceptors (Lipinski definition) is 3. The van der Waals surface area contributed by atoms with Crippen LogP contribution in [0.15, 0.2) is 18.2 Å². The largest absolute Gasteiger partial charge is 0.367 e. The van der Waals surface area contributed by atoms with Crippen LogP contribution < -0.4 is 21.3 Å². The van der Waals surface area contributed by atoms with E-state index in [1.54, 1.807) is 4.90 Å². The first-order valence-corrected chi connectivity index (χ1v) is 6.93. The Hall–Kier alpha value is -2.38. The molecule has 2 rings (SSSR count). The van der Waals surface area contributed by atoms with Gasteiger partial charge in [0.15, 0.2) is 0 Å². The number of anilines is 1. The molecule has 0 spiro atoms. The third-order valence-corrected chi connectivity index (χ3v) is 3.54. The Balaban J connectivity index is 1.92. The standard InChI is InChI=1S/C14H18F2N4O2/c1-8(18-14(17)22)13(21)19-10-4-5-20(7-10)12-3-2-9(15)6-11(12)16/h2-3,6,8,10H,4-5,7H2,1H3,(H,19,21)(H3,17,18,22)/t8-,10+/m1/s1. The Morgan fingerprint density at radius 3 is 2.77 bits per heavy atom. The van der Waals surface area contributed by atoms with Gasteiger partial charge in [-0.25, -0.2) is 13.6 Å². The quantitative estimate of drug-likeness (QED) is 0.765. The molecule has 0 bridgehead atoms. The number of hydrogen-bond donors (Lipinski definition) is 3. The summed E-state index contributed by atoms with van der Waals surface area (Å²) in [6, 6.07) is 1.72. The average Bonchev–Trinajstić information content (AvgIpc) is 2.86. The normalized spacial score (nSPS) is 18.9.